The van der Waals surface area contributed by atoms with Crippen LogP contribution in [0.15, 0.2) is 53.7 Å². The van der Waals surface area contributed by atoms with Crippen molar-refractivity contribution in [2.45, 2.75) is 120 Å². The third kappa shape index (κ3) is 5.27. The molecule has 0 radical (unpaired) electrons. The Morgan fingerprint density at radius 1 is 1.14 bits per heavy atom. The van der Waals surface area contributed by atoms with E-state index in [0.29, 0.717) is 36.1 Å². The Balaban J connectivity index is 1.46. The van der Waals surface area contributed by atoms with Crippen molar-refractivity contribution in [1.82, 2.24) is 9.21 Å². The second-order valence-electron chi connectivity index (χ2n) is 14.2. The Morgan fingerprint density at radius 2 is 1.80 bits per heavy atom. The number of rotatable bonds is 13. The maximum atomic E-state index is 14.0. The van der Waals surface area contributed by atoms with Crippen LogP contribution in [0.2, 0.25) is 16.6 Å². The lowest BCUT2D eigenvalue weighted by atomic mass is 9.71. The van der Waals surface area contributed by atoms with Gasteiger partial charge in [0.1, 0.15) is 5.54 Å². The number of aryl methyl sites for hydroxylation is 1. The molecule has 8 nitrogen and oxygen atoms in total. The summed E-state index contributed by atoms with van der Waals surface area (Å²) in [5.41, 5.74) is 2.84. The Hall–Kier alpha value is -2.14. The number of amides is 1. The van der Waals surface area contributed by atoms with Crippen LogP contribution in [0.5, 0.6) is 0 Å². The molecule has 4 heterocycles. The van der Waals surface area contributed by atoms with Gasteiger partial charge in [-0.2, -0.15) is 4.31 Å². The van der Waals surface area contributed by atoms with Gasteiger partial charge in [-0.1, -0.05) is 65.3 Å². The van der Waals surface area contributed by atoms with E-state index in [9.17, 15) is 13.2 Å². The van der Waals surface area contributed by atoms with Crippen LogP contribution in [-0.4, -0.2) is 69.6 Å². The van der Waals surface area contributed by atoms with Gasteiger partial charge in [0.05, 0.1) is 17.8 Å². The molecule has 44 heavy (non-hydrogen) atoms. The highest BCUT2D eigenvalue weighted by molar-refractivity contribution is 7.89. The average molecular weight is 645 g/mol. The molecule has 244 valence electrons. The minimum absolute atomic E-state index is 0.0565. The molecule has 1 amide bonds. The fourth-order valence-corrected chi connectivity index (χ4v) is 15.8. The van der Waals surface area contributed by atoms with Gasteiger partial charge in [-0.05, 0) is 85.2 Å². The zero-order valence-electron chi connectivity index (χ0n) is 27.6. The first-order valence-corrected chi connectivity index (χ1v) is 20.0. The van der Waals surface area contributed by atoms with Crippen molar-refractivity contribution < 1.29 is 27.1 Å². The molecule has 0 aromatic heterocycles. The van der Waals surface area contributed by atoms with Crippen molar-refractivity contribution in [3.8, 4) is 0 Å². The predicted octanol–water partition coefficient (Wildman–Crippen LogP) is 7.37. The SMILES string of the molecule is C=CCCCC(=CO[Si](C(C)C)(C(C)C)C(C)C)C[C@@H]1CN2C(=O)O[C@@H]3COC4N(S(=O)(=O)c5ccc(C)cc5)CCC1C432. The van der Waals surface area contributed by atoms with Crippen molar-refractivity contribution in [3.63, 3.8) is 0 Å². The molecule has 3 unspecified atom stereocenters. The van der Waals surface area contributed by atoms with Crippen molar-refractivity contribution in [3.05, 3.63) is 54.3 Å². The summed E-state index contributed by atoms with van der Waals surface area (Å²) >= 11 is 0. The summed E-state index contributed by atoms with van der Waals surface area (Å²) in [5, 5.41) is 0. The number of hydrogen-bond donors (Lipinski definition) is 0. The molecule has 4 aliphatic rings. The summed E-state index contributed by atoms with van der Waals surface area (Å²) in [6, 6.07) is 6.94. The number of allylic oxidation sites excluding steroid dienone is 2. The molecule has 10 heteroatoms. The van der Waals surface area contributed by atoms with Crippen LogP contribution in [0, 0.1) is 18.8 Å². The molecular weight excluding hydrogens is 593 g/mol. The molecule has 0 N–H and O–H groups in total. The Labute approximate surface area is 266 Å². The zero-order chi connectivity index (χ0) is 32.0. The summed E-state index contributed by atoms with van der Waals surface area (Å²) in [7, 11) is -5.96. The van der Waals surface area contributed by atoms with E-state index < -0.39 is 36.2 Å². The highest BCUT2D eigenvalue weighted by Crippen LogP contribution is 2.58. The van der Waals surface area contributed by atoms with Crippen molar-refractivity contribution >= 4 is 24.4 Å². The van der Waals surface area contributed by atoms with Gasteiger partial charge in [0.15, 0.2) is 12.3 Å². The minimum atomic E-state index is -3.84. The van der Waals surface area contributed by atoms with Crippen molar-refractivity contribution in [2.75, 3.05) is 19.7 Å². The lowest BCUT2D eigenvalue weighted by Crippen LogP contribution is -2.66. The van der Waals surface area contributed by atoms with Gasteiger partial charge < -0.3 is 13.9 Å². The first-order valence-electron chi connectivity index (χ1n) is 16.5. The molecule has 1 spiro atoms. The van der Waals surface area contributed by atoms with Gasteiger partial charge >= 0.3 is 6.09 Å². The molecule has 5 atom stereocenters. The maximum Gasteiger partial charge on any atom is 0.410 e. The Kier molecular flexibility index (Phi) is 9.49. The number of benzene rings is 1. The van der Waals surface area contributed by atoms with E-state index in [-0.39, 0.29) is 29.4 Å². The van der Waals surface area contributed by atoms with Gasteiger partial charge in [0.2, 0.25) is 10.0 Å². The topological polar surface area (TPSA) is 85.4 Å². The van der Waals surface area contributed by atoms with Crippen LogP contribution < -0.4 is 0 Å². The number of hydrogen-bond acceptors (Lipinski definition) is 6. The number of unbranched alkanes of at least 4 members (excludes halogenated alkanes) is 1. The summed E-state index contributed by atoms with van der Waals surface area (Å²) in [4.78, 5) is 15.4. The molecule has 5 rings (SSSR count). The molecule has 0 aliphatic carbocycles. The van der Waals surface area contributed by atoms with E-state index in [2.05, 4.69) is 54.4 Å². The van der Waals surface area contributed by atoms with E-state index in [0.717, 1.165) is 31.2 Å². The second kappa shape index (κ2) is 12.6. The van der Waals surface area contributed by atoms with E-state index in [1.807, 2.05) is 30.0 Å². The van der Waals surface area contributed by atoms with Crippen molar-refractivity contribution in [2.24, 2.45) is 11.8 Å². The van der Waals surface area contributed by atoms with Gasteiger partial charge in [-0.15, -0.1) is 6.58 Å². The lowest BCUT2D eigenvalue weighted by Gasteiger charge is -2.47. The number of carbonyl (C=O) groups is 1. The van der Waals surface area contributed by atoms with Gasteiger partial charge in [0, 0.05) is 13.1 Å². The molecule has 4 fully saturated rings. The summed E-state index contributed by atoms with van der Waals surface area (Å²) in [6.45, 7) is 20.7. The Bertz CT molecular complexity index is 1340. The summed E-state index contributed by atoms with van der Waals surface area (Å²) in [5.74, 6) is 0.214. The summed E-state index contributed by atoms with van der Waals surface area (Å²) < 4.78 is 48.5. The monoisotopic (exact) mass is 644 g/mol. The quantitative estimate of drug-likeness (QED) is 0.0965. The number of carbonyl (C=O) groups excluding carboxylic acids is 1. The summed E-state index contributed by atoms with van der Waals surface area (Å²) in [6.07, 6.45) is 6.70. The molecule has 0 bridgehead atoms. The highest BCUT2D eigenvalue weighted by atomic mass is 32.2. The lowest BCUT2D eigenvalue weighted by molar-refractivity contribution is -0.0736. The average Bonchev–Trinajstić information content (AvgIpc) is 3.57. The molecule has 1 aromatic rings. The standard InChI is InChI=1S/C34H52N2O6SSi/c1-9-10-11-12-27(21-41-44(23(2)3,24(4)5)25(6)7)19-28-20-35-33(37)42-31-22-40-32-34(31,35)30(28)17-18-36(32)43(38,39)29-15-13-26(8)14-16-29/h9,13-16,21,23-25,28,30-32H,1,10-12,17-20,22H2,2-8H3/t28-,30?,31-,32?,34?/m1/s1. The van der Waals surface area contributed by atoms with E-state index in [1.165, 1.54) is 9.88 Å². The first-order chi connectivity index (χ1) is 20.8. The minimum Gasteiger partial charge on any atom is -0.548 e. The number of sulfonamides is 1. The predicted molar refractivity (Wildman–Crippen MR) is 175 cm³/mol. The van der Waals surface area contributed by atoms with Crippen LogP contribution in [-0.2, 0) is 23.9 Å². The number of ether oxygens (including phenoxy) is 2. The van der Waals surface area contributed by atoms with Crippen molar-refractivity contribution in [1.29, 1.82) is 0 Å². The third-order valence-corrected chi connectivity index (χ3v) is 18.7. The normalized spacial score (nSPS) is 29.0. The van der Waals surface area contributed by atoms with Crippen LogP contribution in [0.4, 0.5) is 4.79 Å². The van der Waals surface area contributed by atoms with Gasteiger partial charge in [-0.25, -0.2) is 13.2 Å². The van der Waals surface area contributed by atoms with Crippen LogP contribution in [0.3, 0.4) is 0 Å². The molecule has 4 saturated heterocycles. The van der Waals surface area contributed by atoms with Crippen LogP contribution >= 0.6 is 0 Å². The number of nitrogens with zero attached hydrogens (tertiary/aromatic N) is 2. The Morgan fingerprint density at radius 3 is 2.41 bits per heavy atom. The second-order valence-corrected chi connectivity index (χ2v) is 21.5. The van der Waals surface area contributed by atoms with Crippen LogP contribution in [0.1, 0.15) is 79.2 Å². The van der Waals surface area contributed by atoms with E-state index >= 15 is 0 Å². The molecule has 1 aromatic carbocycles. The number of piperidine rings is 1. The maximum absolute atomic E-state index is 14.0. The fourth-order valence-electron chi connectivity index (χ4n) is 9.05. The molecular formula is C34H52N2O6SSi. The van der Waals surface area contributed by atoms with E-state index in [4.69, 9.17) is 13.9 Å². The molecule has 4 aliphatic heterocycles. The van der Waals surface area contributed by atoms with E-state index in [1.54, 1.807) is 12.1 Å². The molecule has 0 saturated carbocycles. The van der Waals surface area contributed by atoms with Crippen LogP contribution in [0.25, 0.3) is 0 Å². The zero-order valence-corrected chi connectivity index (χ0v) is 29.4. The van der Waals surface area contributed by atoms with Gasteiger partial charge in [0.25, 0.3) is 8.32 Å². The third-order valence-electron chi connectivity index (χ3n) is 10.9. The highest BCUT2D eigenvalue weighted by Gasteiger charge is 2.75. The van der Waals surface area contributed by atoms with Gasteiger partial charge in [-0.3, -0.25) is 4.90 Å². The fraction of sp³-hybridized carbons (Fsp3) is 0.676. The smallest absolute Gasteiger partial charge is 0.410 e. The first kappa shape index (κ1) is 33.2. The largest absolute Gasteiger partial charge is 0.548 e.